The zero-order valence-electron chi connectivity index (χ0n) is 11.6. The number of imidazole rings is 1. The Bertz CT molecular complexity index is 686. The van der Waals surface area contributed by atoms with Gasteiger partial charge < -0.3 is 9.55 Å². The van der Waals surface area contributed by atoms with Crippen LogP contribution in [-0.2, 0) is 13.6 Å². The summed E-state index contributed by atoms with van der Waals surface area (Å²) >= 11 is 5.44. The standard InChI is InChI=1S/C14H20N4S/c1-10-12-13(17(2)16-10)18(14(19)15-12)9-8-11-6-4-3-5-7-11/h6H,3-5,7-9H2,1-2H3,(H,15,19). The Balaban J connectivity index is 1.90. The molecule has 0 fully saturated rings. The summed E-state index contributed by atoms with van der Waals surface area (Å²) in [4.78, 5) is 3.28. The summed E-state index contributed by atoms with van der Waals surface area (Å²) < 4.78 is 4.91. The number of allylic oxidation sites excluding steroid dienone is 2. The first kappa shape index (κ1) is 12.7. The van der Waals surface area contributed by atoms with E-state index in [0.29, 0.717) is 0 Å². The predicted molar refractivity (Wildman–Crippen MR) is 79.8 cm³/mol. The van der Waals surface area contributed by atoms with E-state index in [1.807, 2.05) is 18.7 Å². The first-order valence-corrected chi connectivity index (χ1v) is 7.37. The van der Waals surface area contributed by atoms with Crippen LogP contribution in [0.15, 0.2) is 11.6 Å². The quantitative estimate of drug-likeness (QED) is 0.686. The second kappa shape index (κ2) is 4.96. The van der Waals surface area contributed by atoms with Gasteiger partial charge in [0.2, 0.25) is 0 Å². The Morgan fingerprint density at radius 2 is 2.26 bits per heavy atom. The normalized spacial score (nSPS) is 16.0. The maximum absolute atomic E-state index is 5.44. The first-order valence-electron chi connectivity index (χ1n) is 6.97. The lowest BCUT2D eigenvalue weighted by atomic mass is 9.97. The second-order valence-electron chi connectivity index (χ2n) is 5.35. The van der Waals surface area contributed by atoms with Crippen LogP contribution in [0.4, 0.5) is 0 Å². The molecule has 0 aromatic carbocycles. The highest BCUT2D eigenvalue weighted by molar-refractivity contribution is 7.71. The highest BCUT2D eigenvalue weighted by Gasteiger charge is 2.13. The molecular formula is C14H20N4S. The van der Waals surface area contributed by atoms with Crippen molar-refractivity contribution in [3.8, 4) is 0 Å². The minimum Gasteiger partial charge on any atom is -0.328 e. The summed E-state index contributed by atoms with van der Waals surface area (Å²) in [5.41, 5.74) is 4.78. The minimum atomic E-state index is 0.808. The molecule has 4 nitrogen and oxygen atoms in total. The molecule has 3 rings (SSSR count). The molecule has 0 bridgehead atoms. The molecule has 0 atom stereocenters. The molecule has 0 spiro atoms. The van der Waals surface area contributed by atoms with Gasteiger partial charge in [0, 0.05) is 13.6 Å². The van der Waals surface area contributed by atoms with E-state index in [4.69, 9.17) is 12.2 Å². The molecule has 102 valence electrons. The van der Waals surface area contributed by atoms with Gasteiger partial charge in [-0.15, -0.1) is 0 Å². The maximum atomic E-state index is 5.44. The lowest BCUT2D eigenvalue weighted by Gasteiger charge is -2.13. The van der Waals surface area contributed by atoms with Gasteiger partial charge in [-0.1, -0.05) is 11.6 Å². The second-order valence-corrected chi connectivity index (χ2v) is 5.73. The van der Waals surface area contributed by atoms with Crippen LogP contribution in [0.25, 0.3) is 11.2 Å². The largest absolute Gasteiger partial charge is 0.328 e. The molecule has 2 aromatic heterocycles. The van der Waals surface area contributed by atoms with E-state index in [1.54, 1.807) is 5.57 Å². The van der Waals surface area contributed by atoms with Crippen LogP contribution in [0.5, 0.6) is 0 Å². The van der Waals surface area contributed by atoms with Gasteiger partial charge in [0.05, 0.1) is 5.69 Å². The first-order chi connectivity index (χ1) is 9.16. The Morgan fingerprint density at radius 3 is 3.00 bits per heavy atom. The third-order valence-electron chi connectivity index (χ3n) is 3.97. The summed E-state index contributed by atoms with van der Waals surface area (Å²) in [7, 11) is 1.98. The lowest BCUT2D eigenvalue weighted by Crippen LogP contribution is -2.05. The van der Waals surface area contributed by atoms with E-state index < -0.39 is 0 Å². The van der Waals surface area contributed by atoms with E-state index in [2.05, 4.69) is 20.7 Å². The number of rotatable bonds is 3. The fraction of sp³-hybridized carbons (Fsp3) is 0.571. The Hall–Kier alpha value is -1.36. The summed E-state index contributed by atoms with van der Waals surface area (Å²) in [5, 5.41) is 4.45. The van der Waals surface area contributed by atoms with E-state index in [0.717, 1.165) is 34.6 Å². The molecule has 0 saturated heterocycles. The fourth-order valence-electron chi connectivity index (χ4n) is 2.97. The number of nitrogens with one attached hydrogen (secondary N) is 1. The van der Waals surface area contributed by atoms with Crippen LogP contribution >= 0.6 is 12.2 Å². The van der Waals surface area contributed by atoms with Crippen molar-refractivity contribution in [1.29, 1.82) is 0 Å². The Kier molecular flexibility index (Phi) is 3.31. The van der Waals surface area contributed by atoms with Gasteiger partial charge in [-0.2, -0.15) is 5.10 Å². The van der Waals surface area contributed by atoms with Crippen LogP contribution in [0.1, 0.15) is 37.8 Å². The van der Waals surface area contributed by atoms with Crippen molar-refractivity contribution >= 4 is 23.4 Å². The molecule has 1 aliphatic carbocycles. The van der Waals surface area contributed by atoms with E-state index in [9.17, 15) is 0 Å². The monoisotopic (exact) mass is 276 g/mol. The number of aromatic amines is 1. The smallest absolute Gasteiger partial charge is 0.179 e. The highest BCUT2D eigenvalue weighted by atomic mass is 32.1. The number of aryl methyl sites for hydroxylation is 3. The minimum absolute atomic E-state index is 0.808. The van der Waals surface area contributed by atoms with Crippen molar-refractivity contribution in [1.82, 2.24) is 19.3 Å². The van der Waals surface area contributed by atoms with Crippen molar-refractivity contribution in [2.45, 2.75) is 45.6 Å². The topological polar surface area (TPSA) is 38.5 Å². The van der Waals surface area contributed by atoms with Crippen molar-refractivity contribution in [3.05, 3.63) is 22.1 Å². The number of H-pyrrole nitrogens is 1. The van der Waals surface area contributed by atoms with Crippen molar-refractivity contribution in [2.75, 3.05) is 0 Å². The number of fused-ring (bicyclic) bond motifs is 1. The van der Waals surface area contributed by atoms with E-state index in [-0.39, 0.29) is 0 Å². The summed E-state index contributed by atoms with van der Waals surface area (Å²) in [5.74, 6) is 0. The van der Waals surface area contributed by atoms with Crippen molar-refractivity contribution < 1.29 is 0 Å². The highest BCUT2D eigenvalue weighted by Crippen LogP contribution is 2.22. The van der Waals surface area contributed by atoms with Crippen molar-refractivity contribution in [3.63, 3.8) is 0 Å². The maximum Gasteiger partial charge on any atom is 0.179 e. The molecule has 0 aliphatic heterocycles. The zero-order chi connectivity index (χ0) is 13.4. The molecule has 19 heavy (non-hydrogen) atoms. The predicted octanol–water partition coefficient (Wildman–Crippen LogP) is 3.63. The van der Waals surface area contributed by atoms with Crippen LogP contribution in [0.3, 0.4) is 0 Å². The van der Waals surface area contributed by atoms with Crippen LogP contribution in [-0.4, -0.2) is 19.3 Å². The Labute approximate surface area is 118 Å². The van der Waals surface area contributed by atoms with Gasteiger partial charge in [0.1, 0.15) is 5.52 Å². The Morgan fingerprint density at radius 1 is 1.42 bits per heavy atom. The summed E-state index contributed by atoms with van der Waals surface area (Å²) in [6.45, 7) is 2.96. The number of nitrogens with zero attached hydrogens (tertiary/aromatic N) is 3. The van der Waals surface area contributed by atoms with Crippen LogP contribution < -0.4 is 0 Å². The van der Waals surface area contributed by atoms with Crippen LogP contribution in [0, 0.1) is 11.7 Å². The third-order valence-corrected chi connectivity index (χ3v) is 4.29. The average molecular weight is 276 g/mol. The van der Waals surface area contributed by atoms with Gasteiger partial charge in [-0.3, -0.25) is 4.68 Å². The van der Waals surface area contributed by atoms with Gasteiger partial charge in [0.25, 0.3) is 0 Å². The van der Waals surface area contributed by atoms with Gasteiger partial charge in [0.15, 0.2) is 10.4 Å². The summed E-state index contributed by atoms with van der Waals surface area (Å²) in [6, 6.07) is 0. The summed E-state index contributed by atoms with van der Waals surface area (Å²) in [6.07, 6.45) is 8.69. The van der Waals surface area contributed by atoms with Gasteiger partial charge >= 0.3 is 0 Å². The third kappa shape index (κ3) is 2.27. The number of hydrogen-bond acceptors (Lipinski definition) is 2. The fourth-order valence-corrected chi connectivity index (χ4v) is 3.25. The SMILES string of the molecule is Cc1nn(C)c2c1[nH]c(=S)n2CCC1=CCCCC1. The molecule has 0 saturated carbocycles. The molecule has 1 N–H and O–H groups in total. The molecule has 0 amide bonds. The average Bonchev–Trinajstić information content (AvgIpc) is 2.87. The van der Waals surface area contributed by atoms with Gasteiger partial charge in [-0.05, 0) is 51.2 Å². The lowest BCUT2D eigenvalue weighted by molar-refractivity contribution is 0.617. The molecule has 0 radical (unpaired) electrons. The van der Waals surface area contributed by atoms with Gasteiger partial charge in [-0.25, -0.2) is 0 Å². The molecule has 2 heterocycles. The van der Waals surface area contributed by atoms with E-state index >= 15 is 0 Å². The zero-order valence-corrected chi connectivity index (χ0v) is 12.4. The number of hydrogen-bond donors (Lipinski definition) is 1. The molecular weight excluding hydrogens is 256 g/mol. The van der Waals surface area contributed by atoms with E-state index in [1.165, 1.54) is 25.7 Å². The van der Waals surface area contributed by atoms with Crippen LogP contribution in [0.2, 0.25) is 0 Å². The molecule has 0 unspecified atom stereocenters. The molecule has 5 heteroatoms. The number of aromatic nitrogens is 4. The molecule has 2 aromatic rings. The van der Waals surface area contributed by atoms with Crippen molar-refractivity contribution in [2.24, 2.45) is 7.05 Å². The molecule has 1 aliphatic rings.